The van der Waals surface area contributed by atoms with Gasteiger partial charge < -0.3 is 5.11 Å². The number of nitro benzene ring substituents is 2. The lowest BCUT2D eigenvalue weighted by molar-refractivity contribution is -0.394. The van der Waals surface area contributed by atoms with Crippen LogP contribution in [0.5, 0.6) is 5.75 Å². The van der Waals surface area contributed by atoms with E-state index in [4.69, 9.17) is 0 Å². The molecule has 0 fully saturated rings. The number of phenolic OH excluding ortho intramolecular Hbond substituents is 1. The minimum Gasteiger partial charge on any atom is -0.502 e. The van der Waals surface area contributed by atoms with Crippen LogP contribution in [0.15, 0.2) is 41.6 Å². The van der Waals surface area contributed by atoms with Crippen LogP contribution < -0.4 is 5.43 Å². The number of non-ortho nitro benzene ring substituents is 1. The van der Waals surface area contributed by atoms with Crippen molar-refractivity contribution in [3.05, 3.63) is 62.3 Å². The number of pyridine rings is 1. The highest BCUT2D eigenvalue weighted by molar-refractivity contribution is 5.87. The Balaban J connectivity index is 2.33. The molecule has 2 N–H and O–H groups in total. The molecule has 0 amide bonds. The first-order valence-electron chi connectivity index (χ1n) is 5.85. The number of nitrogens with one attached hydrogen (secondary N) is 1. The van der Waals surface area contributed by atoms with E-state index < -0.39 is 27.0 Å². The van der Waals surface area contributed by atoms with Gasteiger partial charge in [-0.25, -0.2) is 4.98 Å². The minimum atomic E-state index is -0.911. The van der Waals surface area contributed by atoms with Crippen LogP contribution in [0.25, 0.3) is 0 Å². The van der Waals surface area contributed by atoms with E-state index in [0.29, 0.717) is 11.9 Å². The van der Waals surface area contributed by atoms with E-state index in [9.17, 15) is 25.3 Å². The predicted molar refractivity (Wildman–Crippen MR) is 76.9 cm³/mol. The van der Waals surface area contributed by atoms with Crippen LogP contribution in [0.2, 0.25) is 0 Å². The second-order valence-corrected chi connectivity index (χ2v) is 4.00. The number of hydrazone groups is 1. The van der Waals surface area contributed by atoms with Crippen molar-refractivity contribution in [3.63, 3.8) is 0 Å². The zero-order valence-electron chi connectivity index (χ0n) is 10.9. The van der Waals surface area contributed by atoms with Crippen LogP contribution in [-0.4, -0.2) is 26.2 Å². The van der Waals surface area contributed by atoms with Crippen LogP contribution in [0, 0.1) is 20.2 Å². The van der Waals surface area contributed by atoms with Gasteiger partial charge in [0.15, 0.2) is 0 Å². The van der Waals surface area contributed by atoms with E-state index in [2.05, 4.69) is 15.5 Å². The van der Waals surface area contributed by atoms with Crippen LogP contribution in [0.4, 0.5) is 17.2 Å². The molecule has 22 heavy (non-hydrogen) atoms. The molecule has 1 heterocycles. The molecule has 0 spiro atoms. The van der Waals surface area contributed by atoms with E-state index >= 15 is 0 Å². The van der Waals surface area contributed by atoms with E-state index in [0.717, 1.165) is 12.3 Å². The van der Waals surface area contributed by atoms with Crippen molar-refractivity contribution >= 4 is 23.4 Å². The number of anilines is 1. The smallest absolute Gasteiger partial charge is 0.318 e. The number of nitrogens with zero attached hydrogens (tertiary/aromatic N) is 4. The third-order valence-corrected chi connectivity index (χ3v) is 2.56. The molecule has 1 aromatic heterocycles. The first-order valence-corrected chi connectivity index (χ1v) is 5.85. The summed E-state index contributed by atoms with van der Waals surface area (Å²) in [6, 6.07) is 6.68. The van der Waals surface area contributed by atoms with E-state index in [1.54, 1.807) is 18.2 Å². The van der Waals surface area contributed by atoms with Crippen LogP contribution in [0.1, 0.15) is 5.56 Å². The summed E-state index contributed by atoms with van der Waals surface area (Å²) in [6.45, 7) is 0. The third kappa shape index (κ3) is 3.30. The molecule has 0 radical (unpaired) electrons. The topological polar surface area (TPSA) is 144 Å². The fourth-order valence-electron chi connectivity index (χ4n) is 1.57. The van der Waals surface area contributed by atoms with E-state index in [1.165, 1.54) is 6.20 Å². The zero-order chi connectivity index (χ0) is 16.1. The maximum absolute atomic E-state index is 10.8. The average Bonchev–Trinajstić information content (AvgIpc) is 2.49. The summed E-state index contributed by atoms with van der Waals surface area (Å²) < 4.78 is 0. The molecule has 0 aliphatic carbocycles. The number of hydrogen-bond acceptors (Lipinski definition) is 8. The summed E-state index contributed by atoms with van der Waals surface area (Å²) in [4.78, 5) is 23.8. The summed E-state index contributed by atoms with van der Waals surface area (Å²) in [5, 5.41) is 35.1. The Morgan fingerprint density at radius 1 is 1.23 bits per heavy atom. The van der Waals surface area contributed by atoms with Gasteiger partial charge in [-0.1, -0.05) is 6.07 Å². The van der Waals surface area contributed by atoms with E-state index in [-0.39, 0.29) is 5.56 Å². The highest BCUT2D eigenvalue weighted by Crippen LogP contribution is 2.33. The second-order valence-electron chi connectivity index (χ2n) is 4.00. The first-order chi connectivity index (χ1) is 10.5. The lowest BCUT2D eigenvalue weighted by atomic mass is 10.1. The summed E-state index contributed by atoms with van der Waals surface area (Å²) in [7, 11) is 0. The number of aromatic nitrogens is 1. The van der Waals surface area contributed by atoms with Gasteiger partial charge in [0, 0.05) is 12.3 Å². The Hall–Kier alpha value is -3.56. The first kappa shape index (κ1) is 14.8. The Morgan fingerprint density at radius 2 is 2.00 bits per heavy atom. The second kappa shape index (κ2) is 6.26. The van der Waals surface area contributed by atoms with Gasteiger partial charge in [0.2, 0.25) is 5.75 Å². The molecule has 0 atom stereocenters. The molecule has 2 rings (SSSR count). The molecule has 10 nitrogen and oxygen atoms in total. The van der Waals surface area contributed by atoms with Gasteiger partial charge in [0.05, 0.1) is 27.7 Å². The summed E-state index contributed by atoms with van der Waals surface area (Å²) >= 11 is 0. The van der Waals surface area contributed by atoms with Crippen LogP contribution >= 0.6 is 0 Å². The SMILES string of the molecule is O=[N+]([O-])c1cc(C=NNc2ccccn2)c(O)c([N+](=O)[O-])c1. The van der Waals surface area contributed by atoms with Gasteiger partial charge in [0.1, 0.15) is 5.82 Å². The molecule has 0 saturated carbocycles. The third-order valence-electron chi connectivity index (χ3n) is 2.56. The molecular formula is C12H9N5O5. The quantitative estimate of drug-likeness (QED) is 0.488. The van der Waals surface area contributed by atoms with Gasteiger partial charge in [-0.2, -0.15) is 5.10 Å². The monoisotopic (exact) mass is 303 g/mol. The highest BCUT2D eigenvalue weighted by Gasteiger charge is 2.22. The lowest BCUT2D eigenvalue weighted by Crippen LogP contribution is -1.98. The number of nitro groups is 2. The number of hydrogen-bond donors (Lipinski definition) is 2. The Labute approximate surface area is 123 Å². The Kier molecular flexibility index (Phi) is 4.22. The predicted octanol–water partition coefficient (Wildman–Crippen LogP) is 2.05. The van der Waals surface area contributed by atoms with Gasteiger partial charge in [-0.05, 0) is 12.1 Å². The zero-order valence-corrected chi connectivity index (χ0v) is 10.9. The van der Waals surface area contributed by atoms with Crippen LogP contribution in [-0.2, 0) is 0 Å². The molecule has 0 aliphatic heterocycles. The van der Waals surface area contributed by atoms with Crippen molar-refractivity contribution in [2.75, 3.05) is 5.43 Å². The number of aromatic hydroxyl groups is 1. The Bertz CT molecular complexity index is 747. The fourth-order valence-corrected chi connectivity index (χ4v) is 1.57. The number of benzene rings is 1. The van der Waals surface area contributed by atoms with E-state index in [1.807, 2.05) is 0 Å². The molecule has 0 bridgehead atoms. The highest BCUT2D eigenvalue weighted by atomic mass is 16.6. The van der Waals surface area contributed by atoms with Crippen molar-refractivity contribution in [1.29, 1.82) is 0 Å². The summed E-state index contributed by atoms with van der Waals surface area (Å²) in [6.07, 6.45) is 2.55. The molecule has 0 aliphatic rings. The average molecular weight is 303 g/mol. The summed E-state index contributed by atoms with van der Waals surface area (Å²) in [5.74, 6) is -0.305. The molecule has 0 unspecified atom stereocenters. The minimum absolute atomic E-state index is 0.163. The number of phenols is 1. The molecule has 112 valence electrons. The molecule has 0 saturated heterocycles. The lowest BCUT2D eigenvalue weighted by Gasteiger charge is -2.01. The number of rotatable bonds is 5. The van der Waals surface area contributed by atoms with Crippen molar-refractivity contribution < 1.29 is 15.0 Å². The Morgan fingerprint density at radius 3 is 2.59 bits per heavy atom. The normalized spacial score (nSPS) is 10.5. The van der Waals surface area contributed by atoms with Crippen molar-refractivity contribution in [3.8, 4) is 5.75 Å². The van der Waals surface area contributed by atoms with Gasteiger partial charge >= 0.3 is 5.69 Å². The molecule has 10 heteroatoms. The molecule has 2 aromatic rings. The maximum atomic E-state index is 10.8. The van der Waals surface area contributed by atoms with Gasteiger partial charge in [-0.15, -0.1) is 0 Å². The standard InChI is InChI=1S/C12H9N5O5/c18-12-8(7-14-15-11-3-1-2-4-13-11)5-9(16(19)20)6-10(12)17(21)22/h1-7,18H,(H,13,15). The van der Waals surface area contributed by atoms with Gasteiger partial charge in [-0.3, -0.25) is 25.7 Å². The summed E-state index contributed by atoms with van der Waals surface area (Å²) in [5.41, 5.74) is 1.07. The largest absolute Gasteiger partial charge is 0.502 e. The van der Waals surface area contributed by atoms with Crippen LogP contribution in [0.3, 0.4) is 0 Å². The van der Waals surface area contributed by atoms with Crippen molar-refractivity contribution in [1.82, 2.24) is 4.98 Å². The maximum Gasteiger partial charge on any atom is 0.318 e. The molecule has 1 aromatic carbocycles. The van der Waals surface area contributed by atoms with Crippen molar-refractivity contribution in [2.24, 2.45) is 5.10 Å². The van der Waals surface area contributed by atoms with Crippen molar-refractivity contribution in [2.45, 2.75) is 0 Å². The molecular weight excluding hydrogens is 294 g/mol. The fraction of sp³-hybridized carbons (Fsp3) is 0. The van der Waals surface area contributed by atoms with Gasteiger partial charge in [0.25, 0.3) is 5.69 Å².